The van der Waals surface area contributed by atoms with Crippen LogP contribution >= 0.6 is 15.9 Å². The number of anilines is 1. The summed E-state index contributed by atoms with van der Waals surface area (Å²) in [5.41, 5.74) is 0.969. The number of fused-ring (bicyclic) bond motifs is 1. The van der Waals surface area contributed by atoms with Crippen LogP contribution in [0.25, 0.3) is 10.9 Å². The standard InChI is InChI=1S/C17H20BrN3O2/c1-19-15(22)10-17(23)7-3-9-21(11-17)14-6-8-20-16-12(14)4-2-5-13(16)18/h2,4-6,8,23H,3,7,9-11H2,1H3,(H,19,22). The molecular formula is C17H20BrN3O2. The van der Waals surface area contributed by atoms with Gasteiger partial charge in [-0.1, -0.05) is 12.1 Å². The molecule has 122 valence electrons. The van der Waals surface area contributed by atoms with E-state index in [0.29, 0.717) is 13.0 Å². The number of halogens is 1. The molecule has 0 aliphatic carbocycles. The summed E-state index contributed by atoms with van der Waals surface area (Å²) < 4.78 is 0.953. The van der Waals surface area contributed by atoms with Crippen LogP contribution in [0.2, 0.25) is 0 Å². The Hall–Kier alpha value is -1.66. The maximum atomic E-state index is 11.7. The van der Waals surface area contributed by atoms with Crippen molar-refractivity contribution in [1.29, 1.82) is 0 Å². The molecule has 5 nitrogen and oxygen atoms in total. The second kappa shape index (κ2) is 6.45. The molecule has 2 aromatic rings. The highest BCUT2D eigenvalue weighted by atomic mass is 79.9. The number of aliphatic hydroxyl groups is 1. The molecule has 0 spiro atoms. The molecule has 6 heteroatoms. The van der Waals surface area contributed by atoms with E-state index in [9.17, 15) is 9.90 Å². The first-order valence-electron chi connectivity index (χ1n) is 7.73. The van der Waals surface area contributed by atoms with Gasteiger partial charge >= 0.3 is 0 Å². The van der Waals surface area contributed by atoms with Gasteiger partial charge in [-0.2, -0.15) is 0 Å². The fourth-order valence-corrected chi connectivity index (χ4v) is 3.72. The molecule has 1 aromatic heterocycles. The van der Waals surface area contributed by atoms with Crippen molar-refractivity contribution in [3.05, 3.63) is 34.9 Å². The van der Waals surface area contributed by atoms with Gasteiger partial charge in [-0.15, -0.1) is 0 Å². The number of nitrogens with zero attached hydrogens (tertiary/aromatic N) is 2. The SMILES string of the molecule is CNC(=O)CC1(O)CCCN(c2ccnc3c(Br)cccc23)C1. The zero-order valence-electron chi connectivity index (χ0n) is 13.1. The number of amides is 1. The van der Waals surface area contributed by atoms with E-state index < -0.39 is 5.60 Å². The maximum Gasteiger partial charge on any atom is 0.222 e. The van der Waals surface area contributed by atoms with E-state index in [1.54, 1.807) is 13.2 Å². The summed E-state index contributed by atoms with van der Waals surface area (Å²) in [5, 5.41) is 14.4. The normalized spacial score (nSPS) is 21.4. The molecule has 2 heterocycles. The average molecular weight is 378 g/mol. The van der Waals surface area contributed by atoms with E-state index in [2.05, 4.69) is 31.1 Å². The van der Waals surface area contributed by atoms with Crippen molar-refractivity contribution in [1.82, 2.24) is 10.3 Å². The molecule has 1 aliphatic heterocycles. The number of rotatable bonds is 3. The summed E-state index contributed by atoms with van der Waals surface area (Å²) in [6, 6.07) is 7.96. The summed E-state index contributed by atoms with van der Waals surface area (Å²) >= 11 is 3.54. The van der Waals surface area contributed by atoms with E-state index in [4.69, 9.17) is 0 Å². The van der Waals surface area contributed by atoms with Gasteiger partial charge in [-0.25, -0.2) is 0 Å². The minimum absolute atomic E-state index is 0.128. The number of aromatic nitrogens is 1. The molecule has 1 aromatic carbocycles. The van der Waals surface area contributed by atoms with E-state index in [-0.39, 0.29) is 12.3 Å². The Morgan fingerprint density at radius 2 is 2.30 bits per heavy atom. The van der Waals surface area contributed by atoms with Crippen molar-refractivity contribution >= 4 is 38.4 Å². The highest BCUT2D eigenvalue weighted by molar-refractivity contribution is 9.10. The number of benzene rings is 1. The number of nitrogens with one attached hydrogen (secondary N) is 1. The minimum atomic E-state index is -0.986. The van der Waals surface area contributed by atoms with Crippen LogP contribution < -0.4 is 10.2 Å². The van der Waals surface area contributed by atoms with Gasteiger partial charge in [0.25, 0.3) is 0 Å². The third-order valence-electron chi connectivity index (χ3n) is 4.36. The fraction of sp³-hybridized carbons (Fsp3) is 0.412. The Balaban J connectivity index is 1.93. The van der Waals surface area contributed by atoms with Gasteiger partial charge < -0.3 is 15.3 Å². The number of β-amino-alcohol motifs (C(OH)–C–C–N with tert-alkyl or cyclic N) is 1. The van der Waals surface area contributed by atoms with E-state index in [1.165, 1.54) is 0 Å². The first-order chi connectivity index (χ1) is 11.0. The van der Waals surface area contributed by atoms with Crippen LogP contribution in [0.3, 0.4) is 0 Å². The van der Waals surface area contributed by atoms with Crippen LogP contribution in [-0.4, -0.2) is 41.7 Å². The number of pyridine rings is 1. The maximum absolute atomic E-state index is 11.7. The van der Waals surface area contributed by atoms with Gasteiger partial charge in [-0.05, 0) is 40.9 Å². The fourth-order valence-electron chi connectivity index (χ4n) is 3.25. The summed E-state index contributed by atoms with van der Waals surface area (Å²) in [6.45, 7) is 1.31. The lowest BCUT2D eigenvalue weighted by Crippen LogP contribution is -2.50. The van der Waals surface area contributed by atoms with Gasteiger partial charge in [0.15, 0.2) is 0 Å². The summed E-state index contributed by atoms with van der Waals surface area (Å²) in [6.07, 6.45) is 3.41. The second-order valence-electron chi connectivity index (χ2n) is 6.07. The Morgan fingerprint density at radius 1 is 1.48 bits per heavy atom. The predicted molar refractivity (Wildman–Crippen MR) is 94.5 cm³/mol. The van der Waals surface area contributed by atoms with Gasteiger partial charge in [0.05, 0.1) is 17.5 Å². The van der Waals surface area contributed by atoms with Crippen LogP contribution in [-0.2, 0) is 4.79 Å². The van der Waals surface area contributed by atoms with Crippen molar-refractivity contribution in [3.8, 4) is 0 Å². The Morgan fingerprint density at radius 3 is 3.09 bits per heavy atom. The van der Waals surface area contributed by atoms with Crippen LogP contribution in [0.5, 0.6) is 0 Å². The molecule has 0 bridgehead atoms. The summed E-state index contributed by atoms with van der Waals surface area (Å²) in [5.74, 6) is -0.128. The molecule has 0 saturated carbocycles. The summed E-state index contributed by atoms with van der Waals surface area (Å²) in [7, 11) is 1.60. The van der Waals surface area contributed by atoms with Gasteiger partial charge in [-0.3, -0.25) is 9.78 Å². The monoisotopic (exact) mass is 377 g/mol. The molecular weight excluding hydrogens is 358 g/mol. The molecule has 1 atom stereocenters. The van der Waals surface area contributed by atoms with Gasteiger partial charge in [0, 0.05) is 41.9 Å². The molecule has 1 aliphatic rings. The molecule has 2 N–H and O–H groups in total. The molecule has 23 heavy (non-hydrogen) atoms. The number of para-hydroxylation sites is 1. The third-order valence-corrected chi connectivity index (χ3v) is 5.00. The van der Waals surface area contributed by atoms with Crippen molar-refractivity contribution in [3.63, 3.8) is 0 Å². The van der Waals surface area contributed by atoms with E-state index >= 15 is 0 Å². The van der Waals surface area contributed by atoms with Gasteiger partial charge in [0.2, 0.25) is 5.91 Å². The molecule has 1 unspecified atom stereocenters. The minimum Gasteiger partial charge on any atom is -0.388 e. The zero-order chi connectivity index (χ0) is 16.4. The van der Waals surface area contributed by atoms with Crippen molar-refractivity contribution in [2.45, 2.75) is 24.9 Å². The van der Waals surface area contributed by atoms with Crippen molar-refractivity contribution < 1.29 is 9.90 Å². The Bertz CT molecular complexity index is 737. The second-order valence-corrected chi connectivity index (χ2v) is 6.92. The Kier molecular flexibility index (Phi) is 4.55. The van der Waals surface area contributed by atoms with E-state index in [0.717, 1.165) is 34.0 Å². The summed E-state index contributed by atoms with van der Waals surface area (Å²) in [4.78, 5) is 18.3. The highest BCUT2D eigenvalue weighted by Crippen LogP contribution is 2.34. The number of hydrogen-bond acceptors (Lipinski definition) is 4. The molecule has 1 saturated heterocycles. The first kappa shape index (κ1) is 16.2. The zero-order valence-corrected chi connectivity index (χ0v) is 14.6. The topological polar surface area (TPSA) is 65.5 Å². The lowest BCUT2D eigenvalue weighted by molar-refractivity contribution is -0.125. The van der Waals surface area contributed by atoms with E-state index in [1.807, 2.05) is 24.3 Å². The molecule has 3 rings (SSSR count). The lowest BCUT2D eigenvalue weighted by atomic mass is 9.88. The van der Waals surface area contributed by atoms with Crippen LogP contribution in [0.15, 0.2) is 34.9 Å². The number of carbonyl (C=O) groups excluding carboxylic acids is 1. The van der Waals surface area contributed by atoms with Crippen LogP contribution in [0.4, 0.5) is 5.69 Å². The number of carbonyl (C=O) groups is 1. The van der Waals surface area contributed by atoms with Crippen LogP contribution in [0, 0.1) is 0 Å². The predicted octanol–water partition coefficient (Wildman–Crippen LogP) is 2.46. The highest BCUT2D eigenvalue weighted by Gasteiger charge is 2.35. The van der Waals surface area contributed by atoms with Crippen molar-refractivity contribution in [2.75, 3.05) is 25.0 Å². The molecule has 0 radical (unpaired) electrons. The molecule has 1 fully saturated rings. The van der Waals surface area contributed by atoms with Crippen LogP contribution in [0.1, 0.15) is 19.3 Å². The van der Waals surface area contributed by atoms with Crippen molar-refractivity contribution in [2.24, 2.45) is 0 Å². The number of piperidine rings is 1. The molecule has 1 amide bonds. The Labute approximate surface area is 143 Å². The number of hydrogen-bond donors (Lipinski definition) is 2. The quantitative estimate of drug-likeness (QED) is 0.861. The average Bonchev–Trinajstić information content (AvgIpc) is 2.54. The lowest BCUT2D eigenvalue weighted by Gasteiger charge is -2.40. The smallest absolute Gasteiger partial charge is 0.222 e. The largest absolute Gasteiger partial charge is 0.388 e. The third kappa shape index (κ3) is 3.33. The first-order valence-corrected chi connectivity index (χ1v) is 8.53. The van der Waals surface area contributed by atoms with Gasteiger partial charge in [0.1, 0.15) is 0 Å².